The van der Waals surface area contributed by atoms with Gasteiger partial charge in [-0.3, -0.25) is 4.79 Å². The summed E-state index contributed by atoms with van der Waals surface area (Å²) in [5.74, 6) is 0.198. The Labute approximate surface area is 154 Å². The molecule has 1 saturated heterocycles. The fraction of sp³-hybridized carbons (Fsp3) is 0.562. The van der Waals surface area contributed by atoms with Crippen LogP contribution in [0.25, 0.3) is 0 Å². The number of benzene rings is 1. The highest BCUT2D eigenvalue weighted by molar-refractivity contribution is 7.89. The number of morpholine rings is 1. The van der Waals surface area contributed by atoms with Gasteiger partial charge in [0.15, 0.2) is 0 Å². The number of sulfonamides is 1. The lowest BCUT2D eigenvalue weighted by atomic mass is 10.2. The van der Waals surface area contributed by atoms with Gasteiger partial charge in [-0.1, -0.05) is 6.07 Å². The van der Waals surface area contributed by atoms with Gasteiger partial charge in [-0.25, -0.2) is 8.42 Å². The number of nitrogens with zero attached hydrogens (tertiary/aromatic N) is 1. The molecule has 0 radical (unpaired) electrons. The van der Waals surface area contributed by atoms with Crippen LogP contribution in [0.15, 0.2) is 29.2 Å². The van der Waals surface area contributed by atoms with Crippen LogP contribution in [-0.4, -0.2) is 57.5 Å². The summed E-state index contributed by atoms with van der Waals surface area (Å²) in [6.07, 6.45) is 2.23. The minimum Gasteiger partial charge on any atom is -0.379 e. The van der Waals surface area contributed by atoms with Crippen molar-refractivity contribution >= 4 is 28.3 Å². The van der Waals surface area contributed by atoms with Crippen molar-refractivity contribution in [2.75, 3.05) is 32.8 Å². The van der Waals surface area contributed by atoms with Crippen LogP contribution in [0, 0.1) is 5.92 Å². The summed E-state index contributed by atoms with van der Waals surface area (Å²) in [4.78, 5) is 12.4. The topological polar surface area (TPSA) is 102 Å². The first-order valence-electron chi connectivity index (χ1n) is 8.20. The van der Waals surface area contributed by atoms with Crippen LogP contribution in [0.2, 0.25) is 0 Å². The zero-order chi connectivity index (χ0) is 17.2. The van der Waals surface area contributed by atoms with Crippen molar-refractivity contribution in [1.29, 1.82) is 0 Å². The van der Waals surface area contributed by atoms with Gasteiger partial charge in [-0.15, -0.1) is 12.4 Å². The van der Waals surface area contributed by atoms with Crippen molar-refractivity contribution in [2.24, 2.45) is 11.7 Å². The third kappa shape index (κ3) is 4.92. The van der Waals surface area contributed by atoms with Gasteiger partial charge in [0.05, 0.1) is 18.1 Å². The highest BCUT2D eigenvalue weighted by Crippen LogP contribution is 2.31. The van der Waals surface area contributed by atoms with Crippen molar-refractivity contribution in [3.8, 4) is 0 Å². The Bertz CT molecular complexity index is 703. The van der Waals surface area contributed by atoms with Crippen molar-refractivity contribution in [2.45, 2.75) is 23.8 Å². The lowest BCUT2D eigenvalue weighted by Gasteiger charge is -2.26. The molecule has 0 spiro atoms. The molecule has 3 N–H and O–H groups in total. The van der Waals surface area contributed by atoms with E-state index in [2.05, 4.69) is 5.32 Å². The van der Waals surface area contributed by atoms with Gasteiger partial charge in [0.1, 0.15) is 0 Å². The van der Waals surface area contributed by atoms with E-state index < -0.39 is 10.0 Å². The molecule has 7 nitrogen and oxygen atoms in total. The zero-order valence-corrected chi connectivity index (χ0v) is 15.5. The normalized spacial score (nSPS) is 19.7. The minimum absolute atomic E-state index is 0. The molecule has 1 aliphatic heterocycles. The van der Waals surface area contributed by atoms with Crippen LogP contribution in [0.4, 0.5) is 0 Å². The molecule has 3 rings (SSSR count). The van der Waals surface area contributed by atoms with E-state index in [-0.39, 0.29) is 29.3 Å². The summed E-state index contributed by atoms with van der Waals surface area (Å²) in [6, 6.07) is 6.09. The monoisotopic (exact) mass is 389 g/mol. The second kappa shape index (κ2) is 8.46. The van der Waals surface area contributed by atoms with E-state index in [9.17, 15) is 13.2 Å². The predicted molar refractivity (Wildman–Crippen MR) is 96.3 cm³/mol. The molecular formula is C16H24ClN3O4S. The molecule has 1 aromatic carbocycles. The highest BCUT2D eigenvalue weighted by Gasteiger charge is 2.29. The number of hydrogen-bond acceptors (Lipinski definition) is 5. The van der Waals surface area contributed by atoms with Crippen LogP contribution in [-0.2, 0) is 14.8 Å². The maximum atomic E-state index is 12.6. The molecule has 0 bridgehead atoms. The van der Waals surface area contributed by atoms with Crippen LogP contribution >= 0.6 is 12.4 Å². The average Bonchev–Trinajstić information content (AvgIpc) is 3.45. The largest absolute Gasteiger partial charge is 0.379 e. The Morgan fingerprint density at radius 3 is 2.64 bits per heavy atom. The Morgan fingerprint density at radius 2 is 2.00 bits per heavy atom. The molecule has 1 aromatic rings. The van der Waals surface area contributed by atoms with E-state index in [1.807, 2.05) is 0 Å². The molecule has 140 valence electrons. The summed E-state index contributed by atoms with van der Waals surface area (Å²) < 4.78 is 31.9. The first-order valence-corrected chi connectivity index (χ1v) is 9.64. The molecular weight excluding hydrogens is 366 g/mol. The number of ether oxygens (including phenoxy) is 1. The number of carbonyl (C=O) groups excluding carboxylic acids is 1. The van der Waals surface area contributed by atoms with Crippen LogP contribution in [0.1, 0.15) is 23.2 Å². The third-order valence-corrected chi connectivity index (χ3v) is 6.32. The molecule has 1 amide bonds. The Hall–Kier alpha value is -1.19. The smallest absolute Gasteiger partial charge is 0.251 e. The number of rotatable bonds is 6. The number of nitrogens with one attached hydrogen (secondary N) is 1. The minimum atomic E-state index is -3.60. The van der Waals surface area contributed by atoms with Crippen molar-refractivity contribution in [1.82, 2.24) is 9.62 Å². The summed E-state index contributed by atoms with van der Waals surface area (Å²) in [7, 11) is -3.60. The standard InChI is InChI=1S/C16H23N3O4S.ClH/c17-15(12-4-5-12)11-18-16(20)13-2-1-3-14(10-13)24(21,22)19-6-8-23-9-7-19;/h1-3,10,12,15H,4-9,11,17H2,(H,18,20);1H. The molecule has 0 aromatic heterocycles. The van der Waals surface area contributed by atoms with Gasteiger partial charge >= 0.3 is 0 Å². The highest BCUT2D eigenvalue weighted by atomic mass is 35.5. The molecule has 2 aliphatic rings. The van der Waals surface area contributed by atoms with Gasteiger partial charge in [0.25, 0.3) is 5.91 Å². The number of carbonyl (C=O) groups is 1. The predicted octanol–water partition coefficient (Wildman–Crippen LogP) is 0.596. The van der Waals surface area contributed by atoms with Gasteiger partial charge in [0.2, 0.25) is 10.0 Å². The van der Waals surface area contributed by atoms with Crippen molar-refractivity contribution in [3.63, 3.8) is 0 Å². The summed E-state index contributed by atoms with van der Waals surface area (Å²) in [5, 5.41) is 2.79. The lowest BCUT2D eigenvalue weighted by molar-refractivity contribution is 0.0730. The van der Waals surface area contributed by atoms with E-state index in [0.717, 1.165) is 12.8 Å². The van der Waals surface area contributed by atoms with E-state index >= 15 is 0 Å². The van der Waals surface area contributed by atoms with Crippen molar-refractivity contribution in [3.05, 3.63) is 29.8 Å². The van der Waals surface area contributed by atoms with Crippen LogP contribution in [0.5, 0.6) is 0 Å². The fourth-order valence-electron chi connectivity index (χ4n) is 2.74. The Kier molecular flexibility index (Phi) is 6.81. The van der Waals surface area contributed by atoms with Crippen LogP contribution in [0.3, 0.4) is 0 Å². The van der Waals surface area contributed by atoms with Gasteiger partial charge < -0.3 is 15.8 Å². The molecule has 1 aliphatic carbocycles. The summed E-state index contributed by atoms with van der Waals surface area (Å²) >= 11 is 0. The van der Waals surface area contributed by atoms with E-state index in [1.165, 1.54) is 16.4 Å². The molecule has 1 saturated carbocycles. The summed E-state index contributed by atoms with van der Waals surface area (Å²) in [5.41, 5.74) is 6.30. The Morgan fingerprint density at radius 1 is 1.32 bits per heavy atom. The SMILES string of the molecule is Cl.NC(CNC(=O)c1cccc(S(=O)(=O)N2CCOCC2)c1)C1CC1. The third-order valence-electron chi connectivity index (χ3n) is 4.43. The van der Waals surface area contributed by atoms with Gasteiger partial charge in [-0.05, 0) is 37.0 Å². The zero-order valence-electron chi connectivity index (χ0n) is 13.9. The fourth-order valence-corrected chi connectivity index (χ4v) is 4.19. The van der Waals surface area contributed by atoms with E-state index in [1.54, 1.807) is 12.1 Å². The van der Waals surface area contributed by atoms with Crippen LogP contribution < -0.4 is 11.1 Å². The molecule has 25 heavy (non-hydrogen) atoms. The number of amides is 1. The summed E-state index contributed by atoms with van der Waals surface area (Å²) in [6.45, 7) is 1.84. The second-order valence-electron chi connectivity index (χ2n) is 6.26. The maximum Gasteiger partial charge on any atom is 0.251 e. The second-order valence-corrected chi connectivity index (χ2v) is 8.19. The van der Waals surface area contributed by atoms with Crippen molar-refractivity contribution < 1.29 is 17.9 Å². The van der Waals surface area contributed by atoms with E-state index in [0.29, 0.717) is 44.3 Å². The number of nitrogens with two attached hydrogens (primary N) is 1. The molecule has 1 heterocycles. The Balaban J connectivity index is 0.00000225. The first kappa shape index (κ1) is 20.1. The average molecular weight is 390 g/mol. The molecule has 9 heteroatoms. The van der Waals surface area contributed by atoms with Gasteiger partial charge in [-0.2, -0.15) is 4.31 Å². The number of hydrogen-bond donors (Lipinski definition) is 2. The quantitative estimate of drug-likeness (QED) is 0.741. The van der Waals surface area contributed by atoms with E-state index in [4.69, 9.17) is 10.5 Å². The maximum absolute atomic E-state index is 12.6. The number of halogens is 1. The molecule has 1 atom stereocenters. The molecule has 2 fully saturated rings. The first-order chi connectivity index (χ1) is 11.5. The lowest BCUT2D eigenvalue weighted by Crippen LogP contribution is -2.40. The van der Waals surface area contributed by atoms with Gasteiger partial charge in [0, 0.05) is 31.2 Å². The molecule has 1 unspecified atom stereocenters.